The quantitative estimate of drug-likeness (QED) is 0.473. The van der Waals surface area contributed by atoms with Crippen molar-refractivity contribution in [1.29, 1.82) is 0 Å². The Balaban J connectivity index is 4.19. The van der Waals surface area contributed by atoms with Crippen molar-refractivity contribution in [2.24, 2.45) is 0 Å². The highest BCUT2D eigenvalue weighted by Crippen LogP contribution is 2.04. The van der Waals surface area contributed by atoms with Crippen molar-refractivity contribution in [3.05, 3.63) is 36.0 Å². The molecule has 0 bridgehead atoms. The Bertz CT molecular complexity index is 236. The third-order valence-corrected chi connectivity index (χ3v) is 2.44. The first-order valence-electron chi connectivity index (χ1n) is 5.78. The number of allylic oxidation sites excluding steroid dienone is 4. The van der Waals surface area contributed by atoms with Gasteiger partial charge in [0.15, 0.2) is 0 Å². The van der Waals surface area contributed by atoms with Crippen LogP contribution in [0.1, 0.15) is 34.1 Å². The molecule has 0 aliphatic heterocycles. The van der Waals surface area contributed by atoms with E-state index in [4.69, 9.17) is 0 Å². The molecule has 0 spiro atoms. The van der Waals surface area contributed by atoms with E-state index in [9.17, 15) is 0 Å². The SMILES string of the molecule is C/C=C\CN(C)C(C)/C=C(C)\C=C/CC. The largest absolute Gasteiger partial charge is 0.297 e. The lowest BCUT2D eigenvalue weighted by atomic mass is 10.1. The number of hydrogen-bond donors (Lipinski definition) is 0. The number of likely N-dealkylation sites (N-methyl/N-ethyl adjacent to an activating group) is 1. The lowest BCUT2D eigenvalue weighted by molar-refractivity contribution is 0.328. The predicted molar refractivity (Wildman–Crippen MR) is 70.1 cm³/mol. The fourth-order valence-corrected chi connectivity index (χ4v) is 1.30. The van der Waals surface area contributed by atoms with Crippen LogP contribution in [0.4, 0.5) is 0 Å². The highest BCUT2D eigenvalue weighted by atomic mass is 15.1. The van der Waals surface area contributed by atoms with Gasteiger partial charge in [-0.15, -0.1) is 0 Å². The minimum atomic E-state index is 0.489. The van der Waals surface area contributed by atoms with Crippen LogP contribution in [0.25, 0.3) is 0 Å². The molecule has 0 fully saturated rings. The van der Waals surface area contributed by atoms with Gasteiger partial charge in [0.1, 0.15) is 0 Å². The smallest absolute Gasteiger partial charge is 0.0255 e. The van der Waals surface area contributed by atoms with Gasteiger partial charge < -0.3 is 0 Å². The van der Waals surface area contributed by atoms with Crippen molar-refractivity contribution in [3.8, 4) is 0 Å². The summed E-state index contributed by atoms with van der Waals surface area (Å²) in [4.78, 5) is 2.32. The summed E-state index contributed by atoms with van der Waals surface area (Å²) in [6, 6.07) is 0.489. The highest BCUT2D eigenvalue weighted by Gasteiger charge is 2.03. The van der Waals surface area contributed by atoms with E-state index in [2.05, 4.69) is 70.0 Å². The summed E-state index contributed by atoms with van der Waals surface area (Å²) < 4.78 is 0. The Labute approximate surface area is 95.2 Å². The molecule has 0 rings (SSSR count). The van der Waals surface area contributed by atoms with E-state index in [1.807, 2.05) is 0 Å². The lowest BCUT2D eigenvalue weighted by Gasteiger charge is -2.20. The van der Waals surface area contributed by atoms with Crippen molar-refractivity contribution in [1.82, 2.24) is 4.90 Å². The second-order valence-corrected chi connectivity index (χ2v) is 3.97. The van der Waals surface area contributed by atoms with Crippen molar-refractivity contribution >= 4 is 0 Å². The zero-order valence-corrected chi connectivity index (χ0v) is 10.8. The molecular weight excluding hydrogens is 182 g/mol. The number of rotatable bonds is 6. The molecule has 0 saturated carbocycles. The molecule has 0 aromatic heterocycles. The lowest BCUT2D eigenvalue weighted by Crippen LogP contribution is -2.27. The van der Waals surface area contributed by atoms with Crippen LogP contribution in [-0.2, 0) is 0 Å². The third-order valence-electron chi connectivity index (χ3n) is 2.44. The van der Waals surface area contributed by atoms with Crippen LogP contribution in [0, 0.1) is 0 Å². The van der Waals surface area contributed by atoms with Gasteiger partial charge in [0, 0.05) is 12.6 Å². The molecule has 0 aliphatic rings. The van der Waals surface area contributed by atoms with E-state index < -0.39 is 0 Å². The van der Waals surface area contributed by atoms with Gasteiger partial charge in [0.2, 0.25) is 0 Å². The fourth-order valence-electron chi connectivity index (χ4n) is 1.30. The maximum atomic E-state index is 2.32. The first kappa shape index (κ1) is 14.2. The van der Waals surface area contributed by atoms with E-state index in [0.717, 1.165) is 13.0 Å². The molecule has 0 heterocycles. The standard InChI is InChI=1S/C14H25N/c1-6-8-10-13(3)12-14(4)15(5)11-9-7-2/h7-10,12,14H,6,11H2,1-5H3/b9-7-,10-8-,13-12-. The molecule has 0 aromatic carbocycles. The second-order valence-electron chi connectivity index (χ2n) is 3.97. The Kier molecular flexibility index (Phi) is 8.02. The summed E-state index contributed by atoms with van der Waals surface area (Å²) >= 11 is 0. The summed E-state index contributed by atoms with van der Waals surface area (Å²) in [6.45, 7) is 9.62. The second kappa shape index (κ2) is 8.49. The first-order chi connectivity index (χ1) is 7.11. The normalized spacial score (nSPS) is 15.7. The average molecular weight is 207 g/mol. The van der Waals surface area contributed by atoms with Crippen LogP contribution in [-0.4, -0.2) is 24.5 Å². The topological polar surface area (TPSA) is 3.24 Å². The molecule has 1 atom stereocenters. The molecule has 0 radical (unpaired) electrons. The van der Waals surface area contributed by atoms with E-state index in [0.29, 0.717) is 6.04 Å². The van der Waals surface area contributed by atoms with E-state index >= 15 is 0 Å². The first-order valence-corrected chi connectivity index (χ1v) is 5.78. The van der Waals surface area contributed by atoms with Gasteiger partial charge in [-0.3, -0.25) is 4.90 Å². The molecular formula is C14H25N. The Hall–Kier alpha value is -0.820. The van der Waals surface area contributed by atoms with Gasteiger partial charge in [0.25, 0.3) is 0 Å². The maximum absolute atomic E-state index is 2.32. The van der Waals surface area contributed by atoms with E-state index in [1.54, 1.807) is 0 Å². The van der Waals surface area contributed by atoms with Crippen LogP contribution >= 0.6 is 0 Å². The van der Waals surface area contributed by atoms with E-state index in [-0.39, 0.29) is 0 Å². The summed E-state index contributed by atoms with van der Waals surface area (Å²) in [5.74, 6) is 0. The van der Waals surface area contributed by atoms with Crippen molar-refractivity contribution in [2.75, 3.05) is 13.6 Å². The molecule has 1 heteroatoms. The van der Waals surface area contributed by atoms with Crippen LogP contribution in [0.15, 0.2) is 36.0 Å². The Morgan fingerprint density at radius 3 is 2.53 bits per heavy atom. The van der Waals surface area contributed by atoms with Gasteiger partial charge in [-0.25, -0.2) is 0 Å². The van der Waals surface area contributed by atoms with Crippen LogP contribution in [0.3, 0.4) is 0 Å². The molecule has 0 aromatic rings. The van der Waals surface area contributed by atoms with Gasteiger partial charge in [-0.1, -0.05) is 42.9 Å². The summed E-state index contributed by atoms with van der Waals surface area (Å²) in [5.41, 5.74) is 1.34. The van der Waals surface area contributed by atoms with Crippen LogP contribution in [0.5, 0.6) is 0 Å². The molecule has 0 saturated heterocycles. The fraction of sp³-hybridized carbons (Fsp3) is 0.571. The molecule has 15 heavy (non-hydrogen) atoms. The van der Waals surface area contributed by atoms with Crippen molar-refractivity contribution < 1.29 is 0 Å². The zero-order valence-electron chi connectivity index (χ0n) is 10.8. The third kappa shape index (κ3) is 7.15. The van der Waals surface area contributed by atoms with Gasteiger partial charge in [-0.05, 0) is 34.2 Å². The Morgan fingerprint density at radius 2 is 2.00 bits per heavy atom. The van der Waals surface area contributed by atoms with Gasteiger partial charge in [0.05, 0.1) is 0 Å². The minimum Gasteiger partial charge on any atom is -0.297 e. The van der Waals surface area contributed by atoms with Gasteiger partial charge >= 0.3 is 0 Å². The van der Waals surface area contributed by atoms with Gasteiger partial charge in [-0.2, -0.15) is 0 Å². The predicted octanol–water partition coefficient (Wildman–Crippen LogP) is 3.80. The number of nitrogens with zero attached hydrogens (tertiary/aromatic N) is 1. The minimum absolute atomic E-state index is 0.489. The molecule has 0 N–H and O–H groups in total. The summed E-state index contributed by atoms with van der Waals surface area (Å²) in [5, 5.41) is 0. The highest BCUT2D eigenvalue weighted by molar-refractivity contribution is 5.17. The van der Waals surface area contributed by atoms with Crippen molar-refractivity contribution in [2.45, 2.75) is 40.2 Å². The summed E-state index contributed by atoms with van der Waals surface area (Å²) in [7, 11) is 2.15. The summed E-state index contributed by atoms with van der Waals surface area (Å²) in [6.07, 6.45) is 12.1. The molecule has 1 nitrogen and oxygen atoms in total. The Morgan fingerprint density at radius 1 is 1.33 bits per heavy atom. The number of hydrogen-bond acceptors (Lipinski definition) is 1. The maximum Gasteiger partial charge on any atom is 0.0255 e. The molecule has 86 valence electrons. The zero-order chi connectivity index (χ0) is 11.7. The monoisotopic (exact) mass is 207 g/mol. The molecule has 0 amide bonds. The van der Waals surface area contributed by atoms with Crippen molar-refractivity contribution in [3.63, 3.8) is 0 Å². The molecule has 1 unspecified atom stereocenters. The average Bonchev–Trinajstić information content (AvgIpc) is 2.22. The van der Waals surface area contributed by atoms with Crippen LogP contribution < -0.4 is 0 Å². The van der Waals surface area contributed by atoms with Crippen LogP contribution in [0.2, 0.25) is 0 Å². The molecule has 0 aliphatic carbocycles. The van der Waals surface area contributed by atoms with E-state index in [1.165, 1.54) is 5.57 Å².